The maximum atomic E-state index is 11.4. The van der Waals surface area contributed by atoms with Crippen LogP contribution in [0.25, 0.3) is 11.3 Å². The molecular weight excluding hydrogens is 262 g/mol. The second-order valence-corrected chi connectivity index (χ2v) is 5.43. The van der Waals surface area contributed by atoms with Gasteiger partial charge in [0.05, 0.1) is 12.1 Å². The number of carbonyl (C=O) groups is 1. The highest BCUT2D eigenvalue weighted by Crippen LogP contribution is 2.30. The Kier molecular flexibility index (Phi) is 3.60. The summed E-state index contributed by atoms with van der Waals surface area (Å²) < 4.78 is 1.62. The van der Waals surface area contributed by atoms with Crippen LogP contribution in [0.15, 0.2) is 30.9 Å². The van der Waals surface area contributed by atoms with Crippen LogP contribution in [0.5, 0.6) is 0 Å². The topological polar surface area (TPSA) is 60.9 Å². The van der Waals surface area contributed by atoms with E-state index in [0.29, 0.717) is 23.6 Å². The Labute approximate surface area is 124 Å². The number of aromatic nitrogens is 2. The molecule has 3 rings (SSSR count). The van der Waals surface area contributed by atoms with Crippen LogP contribution in [-0.2, 0) is 19.4 Å². The summed E-state index contributed by atoms with van der Waals surface area (Å²) in [6.45, 7) is 4.19. The van der Waals surface area contributed by atoms with Gasteiger partial charge in [-0.15, -0.1) is 6.58 Å². The summed E-state index contributed by atoms with van der Waals surface area (Å²) in [7, 11) is 0. The van der Waals surface area contributed by atoms with E-state index < -0.39 is 0 Å². The van der Waals surface area contributed by atoms with E-state index in [9.17, 15) is 4.79 Å². The van der Waals surface area contributed by atoms with Crippen molar-refractivity contribution in [2.24, 2.45) is 0 Å². The smallest absolute Gasteiger partial charge is 0.156 e. The Balaban J connectivity index is 2.09. The van der Waals surface area contributed by atoms with E-state index in [1.165, 1.54) is 24.0 Å². The number of anilines is 1. The number of hydrogen-bond donors (Lipinski definition) is 1. The molecule has 4 heteroatoms. The third-order valence-electron chi connectivity index (χ3n) is 4.07. The Hall–Kier alpha value is -2.36. The minimum absolute atomic E-state index is 0.401. The van der Waals surface area contributed by atoms with Crippen LogP contribution in [0.1, 0.15) is 34.3 Å². The summed E-state index contributed by atoms with van der Waals surface area (Å²) in [6.07, 6.45) is 7.23. The molecule has 0 amide bonds. The molecule has 1 heterocycles. The third kappa shape index (κ3) is 2.37. The fourth-order valence-corrected chi connectivity index (χ4v) is 2.96. The molecule has 21 heavy (non-hydrogen) atoms. The lowest BCUT2D eigenvalue weighted by molar-refractivity contribution is 0.112. The highest BCUT2D eigenvalue weighted by atomic mass is 16.1. The van der Waals surface area contributed by atoms with E-state index in [2.05, 4.69) is 23.8 Å². The second-order valence-electron chi connectivity index (χ2n) is 5.43. The van der Waals surface area contributed by atoms with Gasteiger partial charge in [0.25, 0.3) is 0 Å². The Morgan fingerprint density at radius 3 is 2.76 bits per heavy atom. The first-order valence-electron chi connectivity index (χ1n) is 7.29. The fraction of sp³-hybridized carbons (Fsp3) is 0.294. The molecular formula is C17H19N3O. The molecule has 0 atom stereocenters. The first-order valence-corrected chi connectivity index (χ1v) is 7.29. The largest absolute Gasteiger partial charge is 0.383 e. The van der Waals surface area contributed by atoms with Crippen molar-refractivity contribution in [1.29, 1.82) is 0 Å². The summed E-state index contributed by atoms with van der Waals surface area (Å²) in [5.41, 5.74) is 10.9. The van der Waals surface area contributed by atoms with Crippen LogP contribution >= 0.6 is 0 Å². The van der Waals surface area contributed by atoms with Crippen molar-refractivity contribution in [3.8, 4) is 11.3 Å². The SMILES string of the molecule is C=CCn1nc(-c2ccc3c(c2)CCCC3)c(C=O)c1N. The number of hydrogen-bond acceptors (Lipinski definition) is 3. The predicted octanol–water partition coefficient (Wildman–Crippen LogP) is 3.01. The van der Waals surface area contributed by atoms with Crippen molar-refractivity contribution < 1.29 is 4.79 Å². The average Bonchev–Trinajstić information content (AvgIpc) is 2.83. The number of rotatable bonds is 4. The zero-order valence-electron chi connectivity index (χ0n) is 12.0. The average molecular weight is 281 g/mol. The van der Waals surface area contributed by atoms with Gasteiger partial charge in [0.15, 0.2) is 6.29 Å². The molecule has 0 aliphatic heterocycles. The number of benzene rings is 1. The minimum atomic E-state index is 0.401. The Morgan fingerprint density at radius 1 is 1.29 bits per heavy atom. The van der Waals surface area contributed by atoms with Gasteiger partial charge in [0, 0.05) is 5.56 Å². The van der Waals surface area contributed by atoms with Crippen molar-refractivity contribution in [2.75, 3.05) is 5.73 Å². The van der Waals surface area contributed by atoms with Crippen LogP contribution < -0.4 is 5.73 Å². The van der Waals surface area contributed by atoms with Gasteiger partial charge in [-0.2, -0.15) is 5.10 Å². The van der Waals surface area contributed by atoms with Gasteiger partial charge in [-0.25, -0.2) is 4.68 Å². The quantitative estimate of drug-likeness (QED) is 0.692. The molecule has 0 saturated carbocycles. The number of nitrogens with two attached hydrogens (primary N) is 1. The lowest BCUT2D eigenvalue weighted by Crippen LogP contribution is -2.03. The van der Waals surface area contributed by atoms with E-state index in [1.54, 1.807) is 10.8 Å². The summed E-state index contributed by atoms with van der Waals surface area (Å²) >= 11 is 0. The Morgan fingerprint density at radius 2 is 2.05 bits per heavy atom. The maximum absolute atomic E-state index is 11.4. The molecule has 1 aliphatic carbocycles. The molecule has 0 saturated heterocycles. The van der Waals surface area contributed by atoms with Crippen LogP contribution in [0.3, 0.4) is 0 Å². The number of aldehydes is 1. The number of aryl methyl sites for hydroxylation is 2. The number of nitrogens with zero attached hydrogens (tertiary/aromatic N) is 2. The molecule has 2 aromatic rings. The minimum Gasteiger partial charge on any atom is -0.383 e. The second kappa shape index (κ2) is 5.56. The predicted molar refractivity (Wildman–Crippen MR) is 84.3 cm³/mol. The monoisotopic (exact) mass is 281 g/mol. The number of allylic oxidation sites excluding steroid dienone is 1. The van der Waals surface area contributed by atoms with Gasteiger partial charge in [-0.05, 0) is 42.9 Å². The first kappa shape index (κ1) is 13.6. The third-order valence-corrected chi connectivity index (χ3v) is 4.07. The maximum Gasteiger partial charge on any atom is 0.156 e. The molecule has 1 aliphatic rings. The lowest BCUT2D eigenvalue weighted by Gasteiger charge is -2.16. The Bertz CT molecular complexity index is 700. The normalized spacial score (nSPS) is 13.7. The summed E-state index contributed by atoms with van der Waals surface area (Å²) in [6, 6.07) is 6.35. The van der Waals surface area contributed by atoms with Crippen molar-refractivity contribution in [1.82, 2.24) is 9.78 Å². The van der Waals surface area contributed by atoms with E-state index in [1.807, 2.05) is 6.07 Å². The van der Waals surface area contributed by atoms with Gasteiger partial charge in [0.1, 0.15) is 11.5 Å². The molecule has 2 N–H and O–H groups in total. The van der Waals surface area contributed by atoms with Crippen LogP contribution in [-0.4, -0.2) is 16.1 Å². The van der Waals surface area contributed by atoms with Crippen molar-refractivity contribution in [3.63, 3.8) is 0 Å². The highest BCUT2D eigenvalue weighted by Gasteiger charge is 2.18. The molecule has 1 aromatic carbocycles. The van der Waals surface area contributed by atoms with Gasteiger partial charge in [-0.1, -0.05) is 18.2 Å². The van der Waals surface area contributed by atoms with Crippen molar-refractivity contribution in [3.05, 3.63) is 47.5 Å². The molecule has 0 spiro atoms. The molecule has 108 valence electrons. The fourth-order valence-electron chi connectivity index (χ4n) is 2.96. The zero-order valence-corrected chi connectivity index (χ0v) is 12.0. The lowest BCUT2D eigenvalue weighted by atomic mass is 9.89. The first-order chi connectivity index (χ1) is 10.2. The molecule has 0 bridgehead atoms. The standard InChI is InChI=1S/C17H19N3O/c1-2-9-20-17(18)15(11-21)16(19-20)14-8-7-12-5-3-4-6-13(12)10-14/h2,7-8,10-11H,1,3-6,9,18H2. The summed E-state index contributed by atoms with van der Waals surface area (Å²) in [5.74, 6) is 0.401. The van der Waals surface area contributed by atoms with Gasteiger partial charge < -0.3 is 5.73 Å². The van der Waals surface area contributed by atoms with Crippen LogP contribution in [0.4, 0.5) is 5.82 Å². The highest BCUT2D eigenvalue weighted by molar-refractivity contribution is 5.91. The zero-order chi connectivity index (χ0) is 14.8. The number of carbonyl (C=O) groups excluding carboxylic acids is 1. The van der Waals surface area contributed by atoms with Gasteiger partial charge in [0.2, 0.25) is 0 Å². The summed E-state index contributed by atoms with van der Waals surface area (Å²) in [5, 5.41) is 4.48. The van der Waals surface area contributed by atoms with Crippen molar-refractivity contribution in [2.45, 2.75) is 32.2 Å². The molecule has 0 unspecified atom stereocenters. The van der Waals surface area contributed by atoms with Crippen LogP contribution in [0.2, 0.25) is 0 Å². The molecule has 1 aromatic heterocycles. The van der Waals surface area contributed by atoms with E-state index >= 15 is 0 Å². The van der Waals surface area contributed by atoms with Gasteiger partial charge in [-0.3, -0.25) is 4.79 Å². The summed E-state index contributed by atoms with van der Waals surface area (Å²) in [4.78, 5) is 11.4. The van der Waals surface area contributed by atoms with E-state index in [-0.39, 0.29) is 0 Å². The van der Waals surface area contributed by atoms with Crippen molar-refractivity contribution >= 4 is 12.1 Å². The van der Waals surface area contributed by atoms with Gasteiger partial charge >= 0.3 is 0 Å². The van der Waals surface area contributed by atoms with E-state index in [0.717, 1.165) is 24.7 Å². The molecule has 0 radical (unpaired) electrons. The molecule has 4 nitrogen and oxygen atoms in total. The van der Waals surface area contributed by atoms with E-state index in [4.69, 9.17) is 5.73 Å². The number of nitrogen functional groups attached to an aromatic ring is 1. The van der Waals surface area contributed by atoms with Crippen LogP contribution in [0, 0.1) is 0 Å². The molecule has 0 fully saturated rings. The number of fused-ring (bicyclic) bond motifs is 1.